The maximum absolute atomic E-state index is 12.9. The Balaban J connectivity index is 2.67. The molecule has 16 heavy (non-hydrogen) atoms. The van der Waals surface area contributed by atoms with Crippen molar-refractivity contribution in [3.8, 4) is 6.07 Å². The van der Waals surface area contributed by atoms with Gasteiger partial charge in [-0.1, -0.05) is 28.9 Å². The molecule has 0 amide bonds. The predicted molar refractivity (Wildman–Crippen MR) is 65.3 cm³/mol. The average Bonchev–Trinajstić information content (AvgIpc) is 2.27. The van der Waals surface area contributed by atoms with Gasteiger partial charge in [-0.3, -0.25) is 4.90 Å². The smallest absolute Gasteiger partial charge is 0.124 e. The van der Waals surface area contributed by atoms with Crippen LogP contribution in [0.25, 0.3) is 0 Å². The van der Waals surface area contributed by atoms with E-state index in [-0.39, 0.29) is 5.82 Å². The summed E-state index contributed by atoms with van der Waals surface area (Å²) in [6.07, 6.45) is 0.520. The zero-order valence-electron chi connectivity index (χ0n) is 9.21. The van der Waals surface area contributed by atoms with Crippen LogP contribution < -0.4 is 0 Å². The lowest BCUT2D eigenvalue weighted by atomic mass is 10.2. The standard InChI is InChI=1S/C12H14BrFN2/c1-2-16(7-3-6-15)9-10-4-5-11(14)8-12(10)13/h4-5,8H,2-3,7,9H2,1H3. The number of benzene rings is 1. The van der Waals surface area contributed by atoms with E-state index in [4.69, 9.17) is 5.26 Å². The molecule has 0 bridgehead atoms. The summed E-state index contributed by atoms with van der Waals surface area (Å²) in [5, 5.41) is 8.53. The van der Waals surface area contributed by atoms with Crippen LogP contribution in [0.5, 0.6) is 0 Å². The van der Waals surface area contributed by atoms with E-state index in [0.717, 1.165) is 29.7 Å². The summed E-state index contributed by atoms with van der Waals surface area (Å²) in [5.41, 5.74) is 1.04. The first kappa shape index (κ1) is 13.1. The van der Waals surface area contributed by atoms with E-state index in [1.807, 2.05) is 0 Å². The number of nitrogens with zero attached hydrogens (tertiary/aromatic N) is 2. The molecule has 0 spiro atoms. The van der Waals surface area contributed by atoms with E-state index in [9.17, 15) is 4.39 Å². The van der Waals surface area contributed by atoms with Gasteiger partial charge in [0.15, 0.2) is 0 Å². The maximum Gasteiger partial charge on any atom is 0.124 e. The molecule has 0 N–H and O–H groups in total. The summed E-state index contributed by atoms with van der Waals surface area (Å²) < 4.78 is 13.7. The summed E-state index contributed by atoms with van der Waals surface area (Å²) in [4.78, 5) is 2.15. The summed E-state index contributed by atoms with van der Waals surface area (Å²) in [7, 11) is 0. The molecule has 0 saturated heterocycles. The lowest BCUT2D eigenvalue weighted by Gasteiger charge is -2.19. The summed E-state index contributed by atoms with van der Waals surface area (Å²) >= 11 is 3.34. The van der Waals surface area contributed by atoms with E-state index in [1.54, 1.807) is 6.07 Å². The molecule has 2 nitrogen and oxygen atoms in total. The van der Waals surface area contributed by atoms with Crippen LogP contribution in [0.3, 0.4) is 0 Å². The van der Waals surface area contributed by atoms with Gasteiger partial charge < -0.3 is 0 Å². The first-order valence-corrected chi connectivity index (χ1v) is 6.00. The average molecular weight is 285 g/mol. The van der Waals surface area contributed by atoms with Gasteiger partial charge in [-0.15, -0.1) is 0 Å². The second-order valence-corrected chi connectivity index (χ2v) is 4.37. The van der Waals surface area contributed by atoms with E-state index >= 15 is 0 Å². The van der Waals surface area contributed by atoms with Crippen molar-refractivity contribution in [2.24, 2.45) is 0 Å². The molecule has 1 aromatic carbocycles. The molecule has 0 aliphatic rings. The summed E-state index contributed by atoms with van der Waals surface area (Å²) in [6.45, 7) is 4.41. The minimum absolute atomic E-state index is 0.240. The molecule has 86 valence electrons. The molecular weight excluding hydrogens is 271 g/mol. The second kappa shape index (κ2) is 6.62. The van der Waals surface area contributed by atoms with Crippen LogP contribution >= 0.6 is 15.9 Å². The monoisotopic (exact) mass is 284 g/mol. The Kier molecular flexibility index (Phi) is 5.44. The van der Waals surface area contributed by atoms with Gasteiger partial charge in [0.2, 0.25) is 0 Å². The summed E-state index contributed by atoms with van der Waals surface area (Å²) in [5.74, 6) is -0.240. The van der Waals surface area contributed by atoms with Crippen LogP contribution in [0.2, 0.25) is 0 Å². The maximum atomic E-state index is 12.9. The molecule has 0 unspecified atom stereocenters. The Labute approximate surface area is 104 Å². The lowest BCUT2D eigenvalue weighted by molar-refractivity contribution is 0.286. The van der Waals surface area contributed by atoms with Gasteiger partial charge >= 0.3 is 0 Å². The normalized spacial score (nSPS) is 10.4. The molecule has 0 aliphatic heterocycles. The quantitative estimate of drug-likeness (QED) is 0.829. The molecule has 1 rings (SSSR count). The van der Waals surface area contributed by atoms with Crippen molar-refractivity contribution < 1.29 is 4.39 Å². The minimum Gasteiger partial charge on any atom is -0.298 e. The highest BCUT2D eigenvalue weighted by Crippen LogP contribution is 2.19. The third kappa shape index (κ3) is 3.92. The highest BCUT2D eigenvalue weighted by atomic mass is 79.9. The van der Waals surface area contributed by atoms with Crippen LogP contribution in [-0.4, -0.2) is 18.0 Å². The molecule has 0 saturated carbocycles. The number of halogens is 2. The fraction of sp³-hybridized carbons (Fsp3) is 0.417. The van der Waals surface area contributed by atoms with Crippen LogP contribution in [-0.2, 0) is 6.54 Å². The van der Waals surface area contributed by atoms with E-state index in [2.05, 4.69) is 33.8 Å². The fourth-order valence-corrected chi connectivity index (χ4v) is 1.92. The van der Waals surface area contributed by atoms with Gasteiger partial charge in [-0.05, 0) is 24.2 Å². The molecular formula is C12H14BrFN2. The van der Waals surface area contributed by atoms with E-state index in [0.29, 0.717) is 6.42 Å². The molecule has 1 aromatic rings. The summed E-state index contributed by atoms with van der Waals surface area (Å²) in [6, 6.07) is 6.82. The van der Waals surface area contributed by atoms with Gasteiger partial charge in [-0.25, -0.2) is 4.39 Å². The van der Waals surface area contributed by atoms with Crippen molar-refractivity contribution in [3.05, 3.63) is 34.1 Å². The Morgan fingerprint density at radius 1 is 1.50 bits per heavy atom. The molecule has 4 heteroatoms. The minimum atomic E-state index is -0.240. The molecule has 0 heterocycles. The van der Waals surface area contributed by atoms with Crippen LogP contribution in [0.4, 0.5) is 4.39 Å². The fourth-order valence-electron chi connectivity index (χ4n) is 1.45. The van der Waals surface area contributed by atoms with Gasteiger partial charge in [0.25, 0.3) is 0 Å². The van der Waals surface area contributed by atoms with Crippen molar-refractivity contribution in [1.82, 2.24) is 4.90 Å². The Morgan fingerprint density at radius 2 is 2.25 bits per heavy atom. The van der Waals surface area contributed by atoms with Gasteiger partial charge in [0, 0.05) is 24.0 Å². The Bertz CT molecular complexity index is 387. The van der Waals surface area contributed by atoms with Crippen molar-refractivity contribution in [3.63, 3.8) is 0 Å². The molecule has 0 fully saturated rings. The van der Waals surface area contributed by atoms with E-state index in [1.165, 1.54) is 12.1 Å². The van der Waals surface area contributed by atoms with Crippen molar-refractivity contribution >= 4 is 15.9 Å². The molecule has 0 radical (unpaired) electrons. The third-order valence-corrected chi connectivity index (χ3v) is 3.13. The van der Waals surface area contributed by atoms with Crippen molar-refractivity contribution in [1.29, 1.82) is 5.26 Å². The second-order valence-electron chi connectivity index (χ2n) is 3.51. The third-order valence-electron chi connectivity index (χ3n) is 2.40. The highest BCUT2D eigenvalue weighted by Gasteiger charge is 2.07. The number of rotatable bonds is 5. The van der Waals surface area contributed by atoms with Crippen molar-refractivity contribution in [2.75, 3.05) is 13.1 Å². The van der Waals surface area contributed by atoms with Gasteiger partial charge in [0.05, 0.1) is 6.07 Å². The van der Waals surface area contributed by atoms with E-state index < -0.39 is 0 Å². The van der Waals surface area contributed by atoms with Gasteiger partial charge in [0.1, 0.15) is 5.82 Å². The Hall–Kier alpha value is -0.920. The molecule has 0 aliphatic carbocycles. The Morgan fingerprint density at radius 3 is 2.81 bits per heavy atom. The zero-order valence-corrected chi connectivity index (χ0v) is 10.8. The van der Waals surface area contributed by atoms with Crippen LogP contribution in [0.1, 0.15) is 18.9 Å². The highest BCUT2D eigenvalue weighted by molar-refractivity contribution is 9.10. The molecule has 0 atom stereocenters. The lowest BCUT2D eigenvalue weighted by Crippen LogP contribution is -2.24. The first-order chi connectivity index (χ1) is 7.67. The largest absolute Gasteiger partial charge is 0.298 e. The van der Waals surface area contributed by atoms with Crippen molar-refractivity contribution in [2.45, 2.75) is 19.9 Å². The SMILES string of the molecule is CCN(CCC#N)Cc1ccc(F)cc1Br. The van der Waals surface area contributed by atoms with Crippen LogP contribution in [0.15, 0.2) is 22.7 Å². The predicted octanol–water partition coefficient (Wildman–Crippen LogP) is 3.32. The number of nitriles is 1. The zero-order chi connectivity index (χ0) is 12.0. The van der Waals surface area contributed by atoms with Crippen LogP contribution in [0, 0.1) is 17.1 Å². The van der Waals surface area contributed by atoms with Gasteiger partial charge in [-0.2, -0.15) is 5.26 Å². The first-order valence-electron chi connectivity index (χ1n) is 5.20. The molecule has 0 aromatic heterocycles. The topological polar surface area (TPSA) is 27.0 Å². The number of hydrogen-bond donors (Lipinski definition) is 0. The number of hydrogen-bond acceptors (Lipinski definition) is 2.